The van der Waals surface area contributed by atoms with Gasteiger partial charge in [-0.15, -0.1) is 0 Å². The van der Waals surface area contributed by atoms with Crippen molar-refractivity contribution in [3.8, 4) is 0 Å². The fourth-order valence-corrected chi connectivity index (χ4v) is 3.82. The van der Waals surface area contributed by atoms with Crippen molar-refractivity contribution in [2.75, 3.05) is 27.3 Å². The zero-order valence-corrected chi connectivity index (χ0v) is 13.2. The molecule has 1 aliphatic rings. The molecule has 0 aliphatic carbocycles. The number of ether oxygens (including phenoxy) is 1. The lowest BCUT2D eigenvalue weighted by atomic mass is 10.2. The van der Waals surface area contributed by atoms with Gasteiger partial charge in [-0.1, -0.05) is 11.6 Å². The maximum Gasteiger partial charge on any atom is 0.243 e. The Kier molecular flexibility index (Phi) is 5.04. The third-order valence-corrected chi connectivity index (χ3v) is 5.76. The number of benzene rings is 1. The topological polar surface area (TPSA) is 58.6 Å². The molecule has 1 saturated heterocycles. The lowest BCUT2D eigenvalue weighted by Gasteiger charge is -2.23. The Labute approximate surface area is 124 Å². The number of hydrogen-bond donors (Lipinski definition) is 1. The Balaban J connectivity index is 2.31. The molecule has 1 aliphatic heterocycles. The van der Waals surface area contributed by atoms with Gasteiger partial charge in [0, 0.05) is 25.2 Å². The van der Waals surface area contributed by atoms with Gasteiger partial charge in [0.2, 0.25) is 10.0 Å². The van der Waals surface area contributed by atoms with Gasteiger partial charge < -0.3 is 10.1 Å². The molecule has 0 aromatic heterocycles. The fourth-order valence-electron chi connectivity index (χ4n) is 2.21. The highest BCUT2D eigenvalue weighted by molar-refractivity contribution is 7.89. The smallest absolute Gasteiger partial charge is 0.243 e. The van der Waals surface area contributed by atoms with Gasteiger partial charge >= 0.3 is 0 Å². The van der Waals surface area contributed by atoms with Crippen molar-refractivity contribution in [1.82, 2.24) is 9.62 Å². The number of rotatable bonds is 5. The van der Waals surface area contributed by atoms with Crippen LogP contribution in [0.4, 0.5) is 0 Å². The van der Waals surface area contributed by atoms with Gasteiger partial charge in [0.25, 0.3) is 0 Å². The minimum Gasteiger partial charge on any atom is -0.380 e. The molecule has 0 bridgehead atoms. The van der Waals surface area contributed by atoms with E-state index >= 15 is 0 Å². The molecule has 7 heteroatoms. The van der Waals surface area contributed by atoms with E-state index < -0.39 is 10.0 Å². The normalized spacial score (nSPS) is 19.7. The molecule has 0 saturated carbocycles. The van der Waals surface area contributed by atoms with Crippen molar-refractivity contribution in [3.05, 3.63) is 28.8 Å². The largest absolute Gasteiger partial charge is 0.380 e. The zero-order chi connectivity index (χ0) is 14.8. The molecule has 5 nitrogen and oxygen atoms in total. The molecule has 112 valence electrons. The van der Waals surface area contributed by atoms with E-state index in [2.05, 4.69) is 5.32 Å². The van der Waals surface area contributed by atoms with Crippen LogP contribution in [0, 0.1) is 0 Å². The van der Waals surface area contributed by atoms with Crippen LogP contribution in [-0.4, -0.2) is 46.1 Å². The summed E-state index contributed by atoms with van der Waals surface area (Å²) in [6, 6.07) is 4.70. The second kappa shape index (κ2) is 6.41. The number of likely N-dealkylation sites (N-methyl/N-ethyl adjacent to an activating group) is 1. The highest BCUT2D eigenvalue weighted by Crippen LogP contribution is 2.25. The van der Waals surface area contributed by atoms with Gasteiger partial charge in [0.15, 0.2) is 0 Å². The molecule has 1 unspecified atom stereocenters. The summed E-state index contributed by atoms with van der Waals surface area (Å²) in [7, 11) is -0.124. The molecule has 2 rings (SSSR count). The number of hydrogen-bond acceptors (Lipinski definition) is 4. The quantitative estimate of drug-likeness (QED) is 0.893. The predicted molar refractivity (Wildman–Crippen MR) is 78.4 cm³/mol. The third-order valence-electron chi connectivity index (χ3n) is 3.48. The minimum atomic E-state index is -3.51. The third kappa shape index (κ3) is 3.15. The first kappa shape index (κ1) is 15.7. The number of nitrogens with one attached hydrogen (secondary N) is 1. The summed E-state index contributed by atoms with van der Waals surface area (Å²) in [6.45, 7) is 1.58. The summed E-state index contributed by atoms with van der Waals surface area (Å²) in [6.07, 6.45) is 0.729. The first-order chi connectivity index (χ1) is 9.46. The Morgan fingerprint density at radius 3 is 2.85 bits per heavy atom. The van der Waals surface area contributed by atoms with Gasteiger partial charge in [-0.3, -0.25) is 0 Å². The Hall–Kier alpha value is -0.660. The molecule has 1 aromatic rings. The second-order valence-corrected chi connectivity index (χ2v) is 7.23. The first-order valence-electron chi connectivity index (χ1n) is 6.45. The highest BCUT2D eigenvalue weighted by Gasteiger charge is 2.30. The van der Waals surface area contributed by atoms with E-state index in [0.717, 1.165) is 12.0 Å². The van der Waals surface area contributed by atoms with Crippen LogP contribution in [0.5, 0.6) is 0 Å². The molecule has 0 amide bonds. The van der Waals surface area contributed by atoms with Gasteiger partial charge in [0.05, 0.1) is 17.5 Å². The average molecular weight is 319 g/mol. The van der Waals surface area contributed by atoms with Crippen LogP contribution in [0.25, 0.3) is 0 Å². The van der Waals surface area contributed by atoms with Crippen LogP contribution in [0.2, 0.25) is 5.02 Å². The molecule has 0 spiro atoms. The maximum absolute atomic E-state index is 12.6. The SMILES string of the molecule is CNCc1cc(S(=O)(=O)N(C)C2CCOC2)ccc1Cl. The molecular weight excluding hydrogens is 300 g/mol. The average Bonchev–Trinajstić information content (AvgIpc) is 2.94. The lowest BCUT2D eigenvalue weighted by molar-refractivity contribution is 0.181. The Morgan fingerprint density at radius 1 is 1.50 bits per heavy atom. The van der Waals surface area contributed by atoms with Crippen LogP contribution in [-0.2, 0) is 21.3 Å². The van der Waals surface area contributed by atoms with Crippen molar-refractivity contribution in [2.45, 2.75) is 23.9 Å². The molecule has 1 atom stereocenters. The van der Waals surface area contributed by atoms with Crippen LogP contribution >= 0.6 is 11.6 Å². The molecule has 0 radical (unpaired) electrons. The zero-order valence-electron chi connectivity index (χ0n) is 11.6. The van der Waals surface area contributed by atoms with E-state index in [1.165, 1.54) is 4.31 Å². The Bertz CT molecular complexity index is 571. The van der Waals surface area contributed by atoms with Crippen LogP contribution in [0.15, 0.2) is 23.1 Å². The van der Waals surface area contributed by atoms with Crippen molar-refractivity contribution >= 4 is 21.6 Å². The van der Waals surface area contributed by atoms with E-state index in [-0.39, 0.29) is 10.9 Å². The number of sulfonamides is 1. The van der Waals surface area contributed by atoms with Crippen molar-refractivity contribution < 1.29 is 13.2 Å². The molecule has 1 heterocycles. The molecule has 20 heavy (non-hydrogen) atoms. The summed E-state index contributed by atoms with van der Waals surface area (Å²) in [5, 5.41) is 3.54. The van der Waals surface area contributed by atoms with Crippen molar-refractivity contribution in [1.29, 1.82) is 0 Å². The van der Waals surface area contributed by atoms with E-state index in [0.29, 0.717) is 24.8 Å². The predicted octanol–water partition coefficient (Wildman–Crippen LogP) is 1.47. The molecular formula is C13H19ClN2O3S. The summed E-state index contributed by atoms with van der Waals surface area (Å²) in [5.74, 6) is 0. The minimum absolute atomic E-state index is 0.0940. The van der Waals surface area contributed by atoms with Crippen LogP contribution in [0.3, 0.4) is 0 Å². The summed E-state index contributed by atoms with van der Waals surface area (Å²) < 4.78 is 31.8. The number of nitrogens with zero attached hydrogens (tertiary/aromatic N) is 1. The van der Waals surface area contributed by atoms with E-state index in [1.807, 2.05) is 0 Å². The van der Waals surface area contributed by atoms with Gasteiger partial charge in [-0.05, 0) is 37.2 Å². The maximum atomic E-state index is 12.6. The van der Waals surface area contributed by atoms with Gasteiger partial charge in [-0.2, -0.15) is 4.31 Å². The van der Waals surface area contributed by atoms with Crippen molar-refractivity contribution in [2.24, 2.45) is 0 Å². The summed E-state index contributed by atoms with van der Waals surface area (Å²) in [5.41, 5.74) is 0.770. The summed E-state index contributed by atoms with van der Waals surface area (Å²) in [4.78, 5) is 0.265. The lowest BCUT2D eigenvalue weighted by Crippen LogP contribution is -2.37. The monoisotopic (exact) mass is 318 g/mol. The molecule has 1 fully saturated rings. The van der Waals surface area contributed by atoms with E-state index in [4.69, 9.17) is 16.3 Å². The second-order valence-electron chi connectivity index (χ2n) is 4.82. The standard InChI is InChI=1S/C13H19ClN2O3S/c1-15-8-10-7-12(3-4-13(10)14)20(17,18)16(2)11-5-6-19-9-11/h3-4,7,11,15H,5-6,8-9H2,1-2H3. The van der Waals surface area contributed by atoms with Gasteiger partial charge in [-0.25, -0.2) is 8.42 Å². The first-order valence-corrected chi connectivity index (χ1v) is 8.27. The van der Waals surface area contributed by atoms with E-state index in [1.54, 1.807) is 32.3 Å². The number of halogens is 1. The van der Waals surface area contributed by atoms with E-state index in [9.17, 15) is 8.42 Å². The van der Waals surface area contributed by atoms with Crippen LogP contribution < -0.4 is 5.32 Å². The fraction of sp³-hybridized carbons (Fsp3) is 0.538. The Morgan fingerprint density at radius 2 is 2.25 bits per heavy atom. The van der Waals surface area contributed by atoms with Gasteiger partial charge in [0.1, 0.15) is 0 Å². The molecule has 1 N–H and O–H groups in total. The van der Waals surface area contributed by atoms with Crippen LogP contribution in [0.1, 0.15) is 12.0 Å². The highest BCUT2D eigenvalue weighted by atomic mass is 35.5. The molecule has 1 aromatic carbocycles. The van der Waals surface area contributed by atoms with Crippen molar-refractivity contribution in [3.63, 3.8) is 0 Å². The summed E-state index contributed by atoms with van der Waals surface area (Å²) >= 11 is 6.06.